The molecule has 1 aliphatic heterocycles. The van der Waals surface area contributed by atoms with Gasteiger partial charge in [0.05, 0.1) is 5.41 Å². The fourth-order valence-electron chi connectivity index (χ4n) is 2.58. The number of nitrogens with two attached hydrogens (primary N) is 1. The summed E-state index contributed by atoms with van der Waals surface area (Å²) in [6.07, 6.45) is 1.66. The minimum Gasteiger partial charge on any atom is -0.481 e. The number of amides is 3. The highest BCUT2D eigenvalue weighted by Gasteiger charge is 2.40. The lowest BCUT2D eigenvalue weighted by atomic mass is 9.74. The number of hydrogen-bond acceptors (Lipinski definition) is 3. The van der Waals surface area contributed by atoms with E-state index < -0.39 is 17.3 Å². The van der Waals surface area contributed by atoms with Crippen LogP contribution in [0, 0.1) is 11.3 Å². The van der Waals surface area contributed by atoms with E-state index in [1.54, 1.807) is 25.7 Å². The van der Waals surface area contributed by atoms with Crippen LogP contribution in [0.4, 0.5) is 4.79 Å². The summed E-state index contributed by atoms with van der Waals surface area (Å²) in [5, 5.41) is 12.0. The number of carbonyl (C=O) groups is 3. The molecule has 21 heavy (non-hydrogen) atoms. The Balaban J connectivity index is 2.62. The zero-order chi connectivity index (χ0) is 16.2. The number of aliphatic carboxylic acids is 1. The zero-order valence-corrected chi connectivity index (χ0v) is 12.9. The molecule has 2 unspecified atom stereocenters. The number of nitrogens with zero attached hydrogens (tertiary/aromatic N) is 1. The van der Waals surface area contributed by atoms with Crippen molar-refractivity contribution in [2.24, 2.45) is 17.1 Å². The SMILES string of the molecule is CC(CC(N)=O)NC(=O)N1CCCC(C(C)(C)C(=O)O)C1. The molecule has 7 heteroatoms. The second kappa shape index (κ2) is 6.78. The van der Waals surface area contributed by atoms with Crippen LogP contribution in [0.3, 0.4) is 0 Å². The van der Waals surface area contributed by atoms with Gasteiger partial charge < -0.3 is 21.1 Å². The Bertz CT molecular complexity index is 422. The summed E-state index contributed by atoms with van der Waals surface area (Å²) in [7, 11) is 0. The van der Waals surface area contributed by atoms with Gasteiger partial charge in [0.2, 0.25) is 5.91 Å². The lowest BCUT2D eigenvalue weighted by Gasteiger charge is -2.39. The van der Waals surface area contributed by atoms with E-state index in [9.17, 15) is 19.5 Å². The van der Waals surface area contributed by atoms with Crippen molar-refractivity contribution in [3.8, 4) is 0 Å². The number of urea groups is 1. The molecule has 2 atom stereocenters. The Morgan fingerprint density at radius 2 is 2.05 bits per heavy atom. The van der Waals surface area contributed by atoms with Crippen molar-refractivity contribution in [2.45, 2.75) is 46.1 Å². The van der Waals surface area contributed by atoms with Crippen molar-refractivity contribution >= 4 is 17.9 Å². The summed E-state index contributed by atoms with van der Waals surface area (Å²) in [6, 6.07) is -0.600. The van der Waals surface area contributed by atoms with E-state index >= 15 is 0 Å². The van der Waals surface area contributed by atoms with Crippen molar-refractivity contribution in [2.75, 3.05) is 13.1 Å². The molecule has 0 bridgehead atoms. The number of nitrogens with one attached hydrogen (secondary N) is 1. The lowest BCUT2D eigenvalue weighted by Crippen LogP contribution is -2.51. The molecule has 1 rings (SSSR count). The predicted molar refractivity (Wildman–Crippen MR) is 77.5 cm³/mol. The molecular weight excluding hydrogens is 274 g/mol. The number of carboxylic acids is 1. The maximum absolute atomic E-state index is 12.1. The predicted octanol–water partition coefficient (Wildman–Crippen LogP) is 0.783. The highest BCUT2D eigenvalue weighted by molar-refractivity contribution is 5.78. The molecule has 1 aliphatic rings. The molecule has 0 saturated carbocycles. The summed E-state index contributed by atoms with van der Waals surface area (Å²) >= 11 is 0. The van der Waals surface area contributed by atoms with Gasteiger partial charge in [0, 0.05) is 25.6 Å². The minimum atomic E-state index is -0.863. The van der Waals surface area contributed by atoms with Gasteiger partial charge in [-0.25, -0.2) is 4.79 Å². The third-order valence-corrected chi connectivity index (χ3v) is 4.16. The standard InChI is InChI=1S/C14H25N3O4/c1-9(7-11(15)18)16-13(21)17-6-4-5-10(8-17)14(2,3)12(19)20/h9-10H,4-8H2,1-3H3,(H2,15,18)(H,16,21)(H,19,20). The van der Waals surface area contributed by atoms with Gasteiger partial charge in [-0.05, 0) is 39.5 Å². The number of carbonyl (C=O) groups excluding carboxylic acids is 2. The topological polar surface area (TPSA) is 113 Å². The Morgan fingerprint density at radius 3 is 2.57 bits per heavy atom. The number of carboxylic acid groups (broad SMARTS) is 1. The second-order valence-electron chi connectivity index (χ2n) is 6.33. The molecule has 1 fully saturated rings. The van der Waals surface area contributed by atoms with Gasteiger partial charge in [-0.3, -0.25) is 9.59 Å². The van der Waals surface area contributed by atoms with E-state index in [4.69, 9.17) is 5.73 Å². The molecule has 0 aromatic heterocycles. The molecule has 7 nitrogen and oxygen atoms in total. The van der Waals surface area contributed by atoms with Crippen molar-refractivity contribution < 1.29 is 19.5 Å². The fourth-order valence-corrected chi connectivity index (χ4v) is 2.58. The summed E-state index contributed by atoms with van der Waals surface area (Å²) in [6.45, 7) is 6.11. The third kappa shape index (κ3) is 4.61. The molecule has 0 radical (unpaired) electrons. The van der Waals surface area contributed by atoms with Gasteiger partial charge in [-0.15, -0.1) is 0 Å². The normalized spacial score (nSPS) is 20.7. The van der Waals surface area contributed by atoms with Crippen LogP contribution in [0.15, 0.2) is 0 Å². The van der Waals surface area contributed by atoms with E-state index in [-0.39, 0.29) is 24.4 Å². The Hall–Kier alpha value is -1.79. The first-order valence-corrected chi connectivity index (χ1v) is 7.21. The number of piperidine rings is 1. The van der Waals surface area contributed by atoms with Crippen LogP contribution in [-0.2, 0) is 9.59 Å². The van der Waals surface area contributed by atoms with E-state index in [0.717, 1.165) is 12.8 Å². The molecular formula is C14H25N3O4. The van der Waals surface area contributed by atoms with Crippen molar-refractivity contribution in [3.05, 3.63) is 0 Å². The van der Waals surface area contributed by atoms with Crippen LogP contribution in [0.25, 0.3) is 0 Å². The van der Waals surface area contributed by atoms with Crippen LogP contribution < -0.4 is 11.1 Å². The van der Waals surface area contributed by atoms with Gasteiger partial charge in [0.15, 0.2) is 0 Å². The highest BCUT2D eigenvalue weighted by atomic mass is 16.4. The number of likely N-dealkylation sites (tertiary alicyclic amines) is 1. The number of primary amides is 1. The van der Waals surface area contributed by atoms with Crippen molar-refractivity contribution in [1.29, 1.82) is 0 Å². The summed E-state index contributed by atoms with van der Waals surface area (Å²) in [4.78, 5) is 35.9. The van der Waals surface area contributed by atoms with Crippen LogP contribution in [0.2, 0.25) is 0 Å². The summed E-state index contributed by atoms with van der Waals surface area (Å²) in [5.74, 6) is -1.40. The number of rotatable bonds is 5. The van der Waals surface area contributed by atoms with Gasteiger partial charge in [-0.2, -0.15) is 0 Å². The lowest BCUT2D eigenvalue weighted by molar-refractivity contribution is -0.151. The Labute approximate surface area is 124 Å². The third-order valence-electron chi connectivity index (χ3n) is 4.16. The average molecular weight is 299 g/mol. The molecule has 0 aliphatic carbocycles. The first kappa shape index (κ1) is 17.3. The Kier molecular flexibility index (Phi) is 5.57. The monoisotopic (exact) mass is 299 g/mol. The average Bonchev–Trinajstić information content (AvgIpc) is 2.37. The first-order chi connectivity index (χ1) is 9.64. The van der Waals surface area contributed by atoms with Crippen molar-refractivity contribution in [1.82, 2.24) is 10.2 Å². The largest absolute Gasteiger partial charge is 0.481 e. The molecule has 3 amide bonds. The van der Waals surface area contributed by atoms with Gasteiger partial charge >= 0.3 is 12.0 Å². The first-order valence-electron chi connectivity index (χ1n) is 7.21. The molecule has 4 N–H and O–H groups in total. The molecule has 0 aromatic carbocycles. The van der Waals surface area contributed by atoms with Gasteiger partial charge in [0.1, 0.15) is 0 Å². The Morgan fingerprint density at radius 1 is 1.43 bits per heavy atom. The van der Waals surface area contributed by atoms with Crippen LogP contribution in [-0.4, -0.2) is 47.0 Å². The molecule has 1 saturated heterocycles. The smallest absolute Gasteiger partial charge is 0.317 e. The van der Waals surface area contributed by atoms with Crippen LogP contribution in [0.1, 0.15) is 40.0 Å². The van der Waals surface area contributed by atoms with Crippen LogP contribution >= 0.6 is 0 Å². The van der Waals surface area contributed by atoms with Crippen LogP contribution in [0.5, 0.6) is 0 Å². The number of hydrogen-bond donors (Lipinski definition) is 3. The minimum absolute atomic E-state index is 0.0825. The maximum atomic E-state index is 12.1. The maximum Gasteiger partial charge on any atom is 0.317 e. The summed E-state index contributed by atoms with van der Waals surface area (Å²) in [5.41, 5.74) is 4.23. The fraction of sp³-hybridized carbons (Fsp3) is 0.786. The van der Waals surface area contributed by atoms with Crippen molar-refractivity contribution in [3.63, 3.8) is 0 Å². The molecule has 1 heterocycles. The van der Waals surface area contributed by atoms with E-state index in [1.807, 2.05) is 0 Å². The summed E-state index contributed by atoms with van der Waals surface area (Å²) < 4.78 is 0. The quantitative estimate of drug-likeness (QED) is 0.696. The zero-order valence-electron chi connectivity index (χ0n) is 12.9. The van der Waals surface area contributed by atoms with Gasteiger partial charge in [0.25, 0.3) is 0 Å². The molecule has 0 spiro atoms. The van der Waals surface area contributed by atoms with E-state index in [2.05, 4.69) is 5.32 Å². The molecule has 0 aromatic rings. The second-order valence-corrected chi connectivity index (χ2v) is 6.33. The molecule has 120 valence electrons. The highest BCUT2D eigenvalue weighted by Crippen LogP contribution is 2.34. The van der Waals surface area contributed by atoms with E-state index in [0.29, 0.717) is 13.1 Å². The van der Waals surface area contributed by atoms with E-state index in [1.165, 1.54) is 0 Å². The van der Waals surface area contributed by atoms with Gasteiger partial charge in [-0.1, -0.05) is 0 Å².